The number of piperidine rings is 1. The van der Waals surface area contributed by atoms with E-state index in [1.165, 1.54) is 0 Å². The maximum Gasteiger partial charge on any atom is 0.317 e. The van der Waals surface area contributed by atoms with Gasteiger partial charge in [0, 0.05) is 50.1 Å². The Morgan fingerprint density at radius 3 is 2.60 bits per heavy atom. The summed E-state index contributed by atoms with van der Waals surface area (Å²) in [5.41, 5.74) is 1.56. The molecule has 1 aromatic rings. The van der Waals surface area contributed by atoms with Crippen LogP contribution in [0.15, 0.2) is 11.1 Å². The number of hydrogen-bond donors (Lipinski definition) is 1. The third kappa shape index (κ3) is 4.39. The Morgan fingerprint density at radius 1 is 1.24 bits per heavy atom. The Morgan fingerprint density at radius 2 is 1.92 bits per heavy atom. The number of carbonyl (C=O) groups excluding carboxylic acids is 1. The predicted octanol–water partition coefficient (Wildman–Crippen LogP) is 1.46. The minimum Gasteiger partial charge on any atom is -0.381 e. The van der Waals surface area contributed by atoms with Crippen molar-refractivity contribution in [2.75, 3.05) is 26.3 Å². The molecule has 25 heavy (non-hydrogen) atoms. The van der Waals surface area contributed by atoms with E-state index in [2.05, 4.69) is 10.3 Å². The van der Waals surface area contributed by atoms with E-state index in [4.69, 9.17) is 4.74 Å². The van der Waals surface area contributed by atoms with Crippen LogP contribution in [0.25, 0.3) is 0 Å². The van der Waals surface area contributed by atoms with E-state index in [1.54, 1.807) is 10.9 Å². The summed E-state index contributed by atoms with van der Waals surface area (Å²) in [6.45, 7) is 7.31. The van der Waals surface area contributed by atoms with Crippen LogP contribution < -0.4 is 10.9 Å². The number of aromatic nitrogens is 2. The average molecular weight is 348 g/mol. The Labute approximate surface area is 148 Å². The lowest BCUT2D eigenvalue weighted by Crippen LogP contribution is -2.49. The van der Waals surface area contributed by atoms with Gasteiger partial charge in [-0.25, -0.2) is 9.78 Å². The van der Waals surface area contributed by atoms with Crippen LogP contribution in [0.1, 0.15) is 36.9 Å². The molecular weight excluding hydrogens is 320 g/mol. The fraction of sp³-hybridized carbons (Fsp3) is 0.722. The Kier molecular flexibility index (Phi) is 5.73. The number of ether oxygens (including phenoxy) is 1. The van der Waals surface area contributed by atoms with E-state index in [0.717, 1.165) is 63.2 Å². The van der Waals surface area contributed by atoms with Crippen molar-refractivity contribution >= 4 is 6.03 Å². The lowest BCUT2D eigenvalue weighted by atomic mass is 9.97. The van der Waals surface area contributed by atoms with Crippen LogP contribution >= 0.6 is 0 Å². The molecule has 0 atom stereocenters. The molecule has 2 fully saturated rings. The smallest absolute Gasteiger partial charge is 0.317 e. The highest BCUT2D eigenvalue weighted by Gasteiger charge is 2.25. The predicted molar refractivity (Wildman–Crippen MR) is 94.6 cm³/mol. The molecule has 0 bridgehead atoms. The number of likely N-dealkylation sites (tertiary alicyclic amines) is 1. The van der Waals surface area contributed by atoms with E-state index in [1.807, 2.05) is 18.7 Å². The lowest BCUT2D eigenvalue weighted by molar-refractivity contribution is 0.0770. The Balaban J connectivity index is 1.49. The molecule has 138 valence electrons. The molecule has 0 spiro atoms. The van der Waals surface area contributed by atoms with E-state index < -0.39 is 0 Å². The molecule has 2 saturated heterocycles. The standard InChI is InChI=1S/C18H28N4O3/c1-13-14(2)19-12-22(17(13)23)11-15-3-7-21(8-4-15)18(24)20-16-5-9-25-10-6-16/h12,15-16H,3-11H2,1-2H3,(H,20,24). The van der Waals surface area contributed by atoms with Gasteiger partial charge in [0.1, 0.15) is 0 Å². The van der Waals surface area contributed by atoms with E-state index in [-0.39, 0.29) is 17.6 Å². The summed E-state index contributed by atoms with van der Waals surface area (Å²) < 4.78 is 7.04. The van der Waals surface area contributed by atoms with E-state index in [0.29, 0.717) is 12.5 Å². The first-order valence-electron chi connectivity index (χ1n) is 9.20. The maximum atomic E-state index is 12.4. The highest BCUT2D eigenvalue weighted by Crippen LogP contribution is 2.19. The minimum atomic E-state index is 0.0374. The second-order valence-electron chi connectivity index (χ2n) is 7.18. The summed E-state index contributed by atoms with van der Waals surface area (Å²) in [5.74, 6) is 0.411. The fourth-order valence-corrected chi connectivity index (χ4v) is 3.51. The first-order chi connectivity index (χ1) is 12.0. The van der Waals surface area contributed by atoms with Crippen molar-refractivity contribution in [1.29, 1.82) is 0 Å². The third-order valence-corrected chi connectivity index (χ3v) is 5.42. The molecule has 2 amide bonds. The van der Waals surface area contributed by atoms with Gasteiger partial charge in [-0.1, -0.05) is 0 Å². The zero-order valence-electron chi connectivity index (χ0n) is 15.2. The van der Waals surface area contributed by atoms with Crippen molar-refractivity contribution in [3.05, 3.63) is 27.9 Å². The molecule has 1 N–H and O–H groups in total. The number of hydrogen-bond acceptors (Lipinski definition) is 4. The molecule has 0 aromatic carbocycles. The van der Waals surface area contributed by atoms with Crippen molar-refractivity contribution in [2.24, 2.45) is 5.92 Å². The number of amides is 2. The van der Waals surface area contributed by atoms with Gasteiger partial charge in [-0.2, -0.15) is 0 Å². The summed E-state index contributed by atoms with van der Waals surface area (Å²) in [6.07, 6.45) is 5.27. The van der Waals surface area contributed by atoms with Crippen molar-refractivity contribution in [3.63, 3.8) is 0 Å². The zero-order chi connectivity index (χ0) is 17.8. The van der Waals surface area contributed by atoms with Crippen LogP contribution in [0.3, 0.4) is 0 Å². The SMILES string of the molecule is Cc1ncn(CC2CCN(C(=O)NC3CCOCC3)CC2)c(=O)c1C. The molecule has 3 heterocycles. The number of nitrogens with zero attached hydrogens (tertiary/aromatic N) is 3. The summed E-state index contributed by atoms with van der Waals surface area (Å²) in [7, 11) is 0. The van der Waals surface area contributed by atoms with Crippen molar-refractivity contribution in [1.82, 2.24) is 19.8 Å². The van der Waals surface area contributed by atoms with Crippen LogP contribution in [0, 0.1) is 19.8 Å². The lowest BCUT2D eigenvalue weighted by Gasteiger charge is -2.34. The highest BCUT2D eigenvalue weighted by atomic mass is 16.5. The minimum absolute atomic E-state index is 0.0374. The van der Waals surface area contributed by atoms with Gasteiger partial charge >= 0.3 is 6.03 Å². The monoisotopic (exact) mass is 348 g/mol. The van der Waals surface area contributed by atoms with E-state index >= 15 is 0 Å². The van der Waals surface area contributed by atoms with Crippen LogP contribution in [0.5, 0.6) is 0 Å². The molecule has 0 saturated carbocycles. The Hall–Kier alpha value is -1.89. The fourth-order valence-electron chi connectivity index (χ4n) is 3.51. The number of urea groups is 1. The number of aryl methyl sites for hydroxylation is 1. The van der Waals surface area contributed by atoms with Crippen molar-refractivity contribution in [3.8, 4) is 0 Å². The van der Waals surface area contributed by atoms with Gasteiger partial charge in [0.25, 0.3) is 5.56 Å². The molecule has 3 rings (SSSR count). The van der Waals surface area contributed by atoms with Crippen LogP contribution in [0.2, 0.25) is 0 Å². The number of nitrogens with one attached hydrogen (secondary N) is 1. The molecule has 2 aliphatic heterocycles. The van der Waals surface area contributed by atoms with E-state index in [9.17, 15) is 9.59 Å². The molecule has 7 heteroatoms. The summed E-state index contributed by atoms with van der Waals surface area (Å²) >= 11 is 0. The van der Waals surface area contributed by atoms with Gasteiger partial charge < -0.3 is 15.0 Å². The average Bonchev–Trinajstić information content (AvgIpc) is 2.63. The van der Waals surface area contributed by atoms with Gasteiger partial charge in [0.05, 0.1) is 6.33 Å². The maximum absolute atomic E-state index is 12.4. The molecule has 7 nitrogen and oxygen atoms in total. The van der Waals surface area contributed by atoms with Crippen LogP contribution in [-0.4, -0.2) is 52.8 Å². The normalized spacial score (nSPS) is 19.8. The second-order valence-corrected chi connectivity index (χ2v) is 7.18. The molecular formula is C18H28N4O3. The van der Waals surface area contributed by atoms with Gasteiger partial charge in [-0.3, -0.25) is 9.36 Å². The van der Waals surface area contributed by atoms with Gasteiger partial charge in [0.15, 0.2) is 0 Å². The van der Waals surface area contributed by atoms with Crippen molar-refractivity contribution < 1.29 is 9.53 Å². The molecule has 0 unspecified atom stereocenters. The highest BCUT2D eigenvalue weighted by molar-refractivity contribution is 5.74. The van der Waals surface area contributed by atoms with Gasteiger partial charge in [0.2, 0.25) is 0 Å². The summed E-state index contributed by atoms with van der Waals surface area (Å²) in [5, 5.41) is 3.12. The van der Waals surface area contributed by atoms with Crippen LogP contribution in [-0.2, 0) is 11.3 Å². The summed E-state index contributed by atoms with van der Waals surface area (Å²) in [6, 6.07) is 0.273. The first-order valence-corrected chi connectivity index (χ1v) is 9.20. The summed E-state index contributed by atoms with van der Waals surface area (Å²) in [4.78, 5) is 30.9. The molecule has 0 aliphatic carbocycles. The van der Waals surface area contributed by atoms with Crippen LogP contribution in [0.4, 0.5) is 4.79 Å². The third-order valence-electron chi connectivity index (χ3n) is 5.42. The number of rotatable bonds is 3. The Bertz CT molecular complexity index is 659. The number of carbonyl (C=O) groups is 1. The topological polar surface area (TPSA) is 76.5 Å². The molecule has 2 aliphatic rings. The second kappa shape index (κ2) is 7.99. The quantitative estimate of drug-likeness (QED) is 0.897. The van der Waals surface area contributed by atoms with Gasteiger partial charge in [-0.15, -0.1) is 0 Å². The van der Waals surface area contributed by atoms with Crippen molar-refractivity contribution in [2.45, 2.75) is 52.1 Å². The molecule has 1 aromatic heterocycles. The molecule has 0 radical (unpaired) electrons. The first kappa shape index (κ1) is 17.9. The van der Waals surface area contributed by atoms with Gasteiger partial charge in [-0.05, 0) is 45.4 Å². The largest absolute Gasteiger partial charge is 0.381 e. The zero-order valence-corrected chi connectivity index (χ0v) is 15.2.